The van der Waals surface area contributed by atoms with Crippen molar-refractivity contribution in [2.24, 2.45) is 7.05 Å². The maximum atomic E-state index is 8.60. The smallest absolute Gasteiger partial charge is 0.110 e. The van der Waals surface area contributed by atoms with Crippen LogP contribution in [0.5, 0.6) is 0 Å². The number of rotatable bonds is 2. The molecule has 0 amide bonds. The molecule has 0 saturated heterocycles. The van der Waals surface area contributed by atoms with Gasteiger partial charge in [0, 0.05) is 19.7 Å². The third-order valence-electron chi connectivity index (χ3n) is 1.43. The molecular formula is C7H12N2O. The minimum atomic E-state index is 0.171. The highest BCUT2D eigenvalue weighted by molar-refractivity contribution is 5.01. The van der Waals surface area contributed by atoms with E-state index in [1.165, 1.54) is 0 Å². The highest BCUT2D eigenvalue weighted by Gasteiger charge is 1.99. The molecule has 1 aromatic rings. The van der Waals surface area contributed by atoms with Gasteiger partial charge in [0.05, 0.1) is 12.3 Å². The van der Waals surface area contributed by atoms with Crippen molar-refractivity contribution in [1.29, 1.82) is 0 Å². The number of nitrogens with zero attached hydrogens (tertiary/aromatic N) is 2. The molecule has 1 heterocycles. The summed E-state index contributed by atoms with van der Waals surface area (Å²) in [5.41, 5.74) is 1.01. The van der Waals surface area contributed by atoms with Gasteiger partial charge in [0.15, 0.2) is 0 Å². The molecule has 3 heteroatoms. The van der Waals surface area contributed by atoms with E-state index in [1.807, 2.05) is 24.7 Å². The van der Waals surface area contributed by atoms with Gasteiger partial charge in [0.25, 0.3) is 0 Å². The van der Waals surface area contributed by atoms with Gasteiger partial charge >= 0.3 is 0 Å². The molecule has 1 N–H and O–H groups in total. The van der Waals surface area contributed by atoms with Crippen molar-refractivity contribution >= 4 is 0 Å². The van der Waals surface area contributed by atoms with Gasteiger partial charge in [-0.25, -0.2) is 4.98 Å². The summed E-state index contributed by atoms with van der Waals surface area (Å²) in [6, 6.07) is 0. The van der Waals surface area contributed by atoms with Crippen LogP contribution in [-0.2, 0) is 13.5 Å². The zero-order chi connectivity index (χ0) is 7.56. The molecular weight excluding hydrogens is 128 g/mol. The molecule has 0 aliphatic carbocycles. The summed E-state index contributed by atoms with van der Waals surface area (Å²) in [5.74, 6) is 0.944. The summed E-state index contributed by atoms with van der Waals surface area (Å²) in [7, 11) is 1.94. The van der Waals surface area contributed by atoms with Gasteiger partial charge in [-0.05, 0) is 6.92 Å². The Hall–Kier alpha value is -0.830. The van der Waals surface area contributed by atoms with Gasteiger partial charge < -0.3 is 9.67 Å². The molecule has 1 aromatic heterocycles. The average molecular weight is 140 g/mol. The van der Waals surface area contributed by atoms with Crippen LogP contribution in [0.4, 0.5) is 0 Å². The van der Waals surface area contributed by atoms with E-state index in [4.69, 9.17) is 5.11 Å². The third kappa shape index (κ3) is 1.36. The van der Waals surface area contributed by atoms with Gasteiger partial charge in [-0.3, -0.25) is 0 Å². The molecule has 0 aliphatic rings. The Morgan fingerprint density at radius 3 is 2.80 bits per heavy atom. The minimum Gasteiger partial charge on any atom is -0.396 e. The van der Waals surface area contributed by atoms with E-state index in [1.54, 1.807) is 0 Å². The van der Waals surface area contributed by atoms with Crippen LogP contribution >= 0.6 is 0 Å². The summed E-state index contributed by atoms with van der Waals surface area (Å²) in [6.45, 7) is 2.12. The maximum Gasteiger partial charge on any atom is 0.110 e. The molecule has 10 heavy (non-hydrogen) atoms. The fourth-order valence-corrected chi connectivity index (χ4v) is 0.998. The Kier molecular flexibility index (Phi) is 2.06. The van der Waals surface area contributed by atoms with Crippen molar-refractivity contribution in [3.8, 4) is 0 Å². The van der Waals surface area contributed by atoms with Crippen molar-refractivity contribution in [3.63, 3.8) is 0 Å². The molecule has 0 fully saturated rings. The first-order valence-corrected chi connectivity index (χ1v) is 3.33. The second-order valence-electron chi connectivity index (χ2n) is 2.38. The van der Waals surface area contributed by atoms with Gasteiger partial charge in [0.1, 0.15) is 5.82 Å². The van der Waals surface area contributed by atoms with Crippen LogP contribution in [0.3, 0.4) is 0 Å². The molecule has 1 rings (SSSR count). The molecule has 0 saturated carbocycles. The van der Waals surface area contributed by atoms with Gasteiger partial charge in [-0.1, -0.05) is 0 Å². The van der Waals surface area contributed by atoms with Gasteiger partial charge in [-0.2, -0.15) is 0 Å². The lowest BCUT2D eigenvalue weighted by molar-refractivity contribution is 0.295. The predicted octanol–water partition coefficient (Wildman–Crippen LogP) is 0.263. The quantitative estimate of drug-likeness (QED) is 0.640. The highest BCUT2D eigenvalue weighted by Crippen LogP contribution is 1.99. The zero-order valence-corrected chi connectivity index (χ0v) is 6.33. The topological polar surface area (TPSA) is 38.0 Å². The van der Waals surface area contributed by atoms with Crippen LogP contribution in [0.25, 0.3) is 0 Å². The summed E-state index contributed by atoms with van der Waals surface area (Å²) in [5, 5.41) is 8.60. The van der Waals surface area contributed by atoms with Crippen molar-refractivity contribution in [1.82, 2.24) is 9.55 Å². The lowest BCUT2D eigenvalue weighted by atomic mass is 10.4. The molecule has 0 aromatic carbocycles. The molecule has 56 valence electrons. The Labute approximate surface area is 60.3 Å². The second-order valence-corrected chi connectivity index (χ2v) is 2.38. The number of aliphatic hydroxyl groups is 1. The van der Waals surface area contributed by atoms with E-state index in [0.29, 0.717) is 6.42 Å². The minimum absolute atomic E-state index is 0.171. The maximum absolute atomic E-state index is 8.60. The number of hydrogen-bond acceptors (Lipinski definition) is 2. The Bertz CT molecular complexity index is 217. The summed E-state index contributed by atoms with van der Waals surface area (Å²) >= 11 is 0. The molecule has 0 aliphatic heterocycles. The number of aryl methyl sites for hydroxylation is 2. The second kappa shape index (κ2) is 2.84. The lowest BCUT2D eigenvalue weighted by Gasteiger charge is -1.95. The van der Waals surface area contributed by atoms with E-state index < -0.39 is 0 Å². The fourth-order valence-electron chi connectivity index (χ4n) is 0.998. The van der Waals surface area contributed by atoms with E-state index in [2.05, 4.69) is 4.98 Å². The number of hydrogen-bond donors (Lipinski definition) is 1. The Morgan fingerprint density at radius 2 is 2.40 bits per heavy atom. The van der Waals surface area contributed by atoms with Crippen LogP contribution in [-0.4, -0.2) is 21.3 Å². The number of aromatic nitrogens is 2. The summed E-state index contributed by atoms with van der Waals surface area (Å²) in [4.78, 5) is 4.20. The molecule has 0 bridgehead atoms. The normalized spacial score (nSPS) is 10.3. The largest absolute Gasteiger partial charge is 0.396 e. The van der Waals surface area contributed by atoms with Crippen LogP contribution in [0.2, 0.25) is 0 Å². The van der Waals surface area contributed by atoms with Gasteiger partial charge in [0.2, 0.25) is 0 Å². The standard InChI is InChI=1S/C7H12N2O/c1-6-5-9(2)7(8-6)3-4-10/h5,10H,3-4H2,1-2H3. The van der Waals surface area contributed by atoms with E-state index in [-0.39, 0.29) is 6.61 Å². The predicted molar refractivity (Wildman–Crippen MR) is 38.7 cm³/mol. The zero-order valence-electron chi connectivity index (χ0n) is 6.33. The molecule has 3 nitrogen and oxygen atoms in total. The third-order valence-corrected chi connectivity index (χ3v) is 1.43. The highest BCUT2D eigenvalue weighted by atomic mass is 16.3. The summed E-state index contributed by atoms with van der Waals surface area (Å²) < 4.78 is 1.94. The fraction of sp³-hybridized carbons (Fsp3) is 0.571. The van der Waals surface area contributed by atoms with Crippen molar-refractivity contribution < 1.29 is 5.11 Å². The van der Waals surface area contributed by atoms with E-state index in [9.17, 15) is 0 Å². The van der Waals surface area contributed by atoms with Crippen LogP contribution in [0.1, 0.15) is 11.5 Å². The first-order chi connectivity index (χ1) is 4.74. The van der Waals surface area contributed by atoms with Crippen LogP contribution in [0, 0.1) is 6.92 Å². The van der Waals surface area contributed by atoms with Gasteiger partial charge in [-0.15, -0.1) is 0 Å². The lowest BCUT2D eigenvalue weighted by Crippen LogP contribution is -1.99. The first kappa shape index (κ1) is 7.28. The van der Waals surface area contributed by atoms with Crippen LogP contribution < -0.4 is 0 Å². The van der Waals surface area contributed by atoms with Crippen LogP contribution in [0.15, 0.2) is 6.20 Å². The van der Waals surface area contributed by atoms with E-state index in [0.717, 1.165) is 11.5 Å². The molecule has 0 spiro atoms. The van der Waals surface area contributed by atoms with E-state index >= 15 is 0 Å². The average Bonchev–Trinajstić information content (AvgIpc) is 2.13. The SMILES string of the molecule is Cc1cn(C)c(CCO)n1. The Morgan fingerprint density at radius 1 is 1.70 bits per heavy atom. The van der Waals surface area contributed by atoms with Crippen molar-refractivity contribution in [3.05, 3.63) is 17.7 Å². The molecule has 0 radical (unpaired) electrons. The monoisotopic (exact) mass is 140 g/mol. The Balaban J connectivity index is 2.81. The van der Waals surface area contributed by atoms with Crippen molar-refractivity contribution in [2.45, 2.75) is 13.3 Å². The summed E-state index contributed by atoms with van der Waals surface area (Å²) in [6.07, 6.45) is 2.59. The number of aliphatic hydroxyl groups excluding tert-OH is 1. The van der Waals surface area contributed by atoms with Crippen molar-refractivity contribution in [2.75, 3.05) is 6.61 Å². The molecule has 0 atom stereocenters. The first-order valence-electron chi connectivity index (χ1n) is 3.33. The number of imidazole rings is 1. The molecule has 0 unspecified atom stereocenters.